The van der Waals surface area contributed by atoms with Crippen LogP contribution in [0.2, 0.25) is 0 Å². The summed E-state index contributed by atoms with van der Waals surface area (Å²) in [4.78, 5) is 0. The number of hydrogen-bond acceptors (Lipinski definition) is 1. The monoisotopic (exact) mass is 344 g/mol. The van der Waals surface area contributed by atoms with E-state index in [2.05, 4.69) is 29.8 Å². The zero-order valence-electron chi connectivity index (χ0n) is 11.7. The van der Waals surface area contributed by atoms with Crippen LogP contribution in [-0.4, -0.2) is 23.7 Å². The van der Waals surface area contributed by atoms with Crippen molar-refractivity contribution in [3.63, 3.8) is 0 Å². The van der Waals surface area contributed by atoms with E-state index in [-0.39, 0.29) is 18.6 Å². The Morgan fingerprint density at radius 3 is 2.26 bits per heavy atom. The molecule has 0 radical (unpaired) electrons. The lowest BCUT2D eigenvalue weighted by Crippen LogP contribution is -2.40. The molecule has 19 heavy (non-hydrogen) atoms. The van der Waals surface area contributed by atoms with Crippen LogP contribution in [0.25, 0.3) is 0 Å². The normalized spacial score (nSPS) is 28.9. The van der Waals surface area contributed by atoms with Crippen LogP contribution in [0.3, 0.4) is 0 Å². The van der Waals surface area contributed by atoms with Crippen molar-refractivity contribution in [1.29, 1.82) is 0 Å². The SMILES string of the molecule is CC(C)C1CCC(CBr)(OCCCC(F)(F)F)CC1. The van der Waals surface area contributed by atoms with E-state index in [0.717, 1.165) is 36.9 Å². The Kier molecular flexibility index (Phi) is 6.64. The van der Waals surface area contributed by atoms with E-state index in [9.17, 15) is 13.2 Å². The predicted molar refractivity (Wildman–Crippen MR) is 74.6 cm³/mol. The maximum absolute atomic E-state index is 12.1. The Bertz CT molecular complexity index is 258. The zero-order chi connectivity index (χ0) is 14.5. The molecular weight excluding hydrogens is 321 g/mol. The van der Waals surface area contributed by atoms with Crippen LogP contribution in [0, 0.1) is 11.8 Å². The van der Waals surface area contributed by atoms with Crippen molar-refractivity contribution in [2.75, 3.05) is 11.9 Å². The van der Waals surface area contributed by atoms with Crippen LogP contribution in [-0.2, 0) is 4.74 Å². The van der Waals surface area contributed by atoms with Gasteiger partial charge in [-0.3, -0.25) is 0 Å². The van der Waals surface area contributed by atoms with Crippen molar-refractivity contribution in [2.45, 2.75) is 64.1 Å². The van der Waals surface area contributed by atoms with Gasteiger partial charge in [0.2, 0.25) is 0 Å². The average molecular weight is 345 g/mol. The van der Waals surface area contributed by atoms with Gasteiger partial charge in [-0.2, -0.15) is 13.2 Å². The molecule has 0 aromatic rings. The van der Waals surface area contributed by atoms with E-state index in [4.69, 9.17) is 4.74 Å². The third kappa shape index (κ3) is 6.03. The molecule has 1 rings (SSSR count). The van der Waals surface area contributed by atoms with Crippen molar-refractivity contribution in [3.8, 4) is 0 Å². The van der Waals surface area contributed by atoms with Gasteiger partial charge >= 0.3 is 6.18 Å². The maximum Gasteiger partial charge on any atom is 0.389 e. The number of ether oxygens (including phenoxy) is 1. The predicted octanol–water partition coefficient (Wildman–Crippen LogP) is 5.33. The molecular formula is C14H24BrF3O. The van der Waals surface area contributed by atoms with Gasteiger partial charge < -0.3 is 4.74 Å². The first kappa shape index (κ1) is 17.3. The van der Waals surface area contributed by atoms with Gasteiger partial charge in [-0.05, 0) is 43.9 Å². The van der Waals surface area contributed by atoms with Crippen LogP contribution >= 0.6 is 15.9 Å². The summed E-state index contributed by atoms with van der Waals surface area (Å²) in [6, 6.07) is 0. The van der Waals surface area contributed by atoms with E-state index in [1.54, 1.807) is 0 Å². The van der Waals surface area contributed by atoms with Gasteiger partial charge in [0.15, 0.2) is 0 Å². The van der Waals surface area contributed by atoms with E-state index >= 15 is 0 Å². The summed E-state index contributed by atoms with van der Waals surface area (Å²) < 4.78 is 42.0. The molecule has 0 amide bonds. The minimum atomic E-state index is -4.07. The maximum atomic E-state index is 12.1. The van der Waals surface area contributed by atoms with Gasteiger partial charge in [-0.15, -0.1) is 0 Å². The third-order valence-electron chi connectivity index (χ3n) is 4.14. The summed E-state index contributed by atoms with van der Waals surface area (Å²) in [7, 11) is 0. The third-order valence-corrected chi connectivity index (χ3v) is 5.16. The second kappa shape index (κ2) is 7.30. The summed E-state index contributed by atoms with van der Waals surface area (Å²) in [6.45, 7) is 4.67. The molecule has 0 atom stereocenters. The fraction of sp³-hybridized carbons (Fsp3) is 1.00. The lowest BCUT2D eigenvalue weighted by molar-refractivity contribution is -0.142. The second-order valence-corrected chi connectivity index (χ2v) is 6.53. The molecule has 0 spiro atoms. The Balaban J connectivity index is 2.33. The molecule has 1 nitrogen and oxygen atoms in total. The largest absolute Gasteiger partial charge is 0.389 e. The summed E-state index contributed by atoms with van der Waals surface area (Å²) in [6.07, 6.45) is -0.628. The number of alkyl halides is 4. The van der Waals surface area contributed by atoms with Crippen molar-refractivity contribution in [1.82, 2.24) is 0 Å². The molecule has 0 unspecified atom stereocenters. The van der Waals surface area contributed by atoms with Crippen molar-refractivity contribution in [2.24, 2.45) is 11.8 Å². The first-order chi connectivity index (χ1) is 8.78. The highest BCUT2D eigenvalue weighted by atomic mass is 79.9. The van der Waals surface area contributed by atoms with Crippen molar-refractivity contribution >= 4 is 15.9 Å². The van der Waals surface area contributed by atoms with Crippen LogP contribution in [0.15, 0.2) is 0 Å². The Morgan fingerprint density at radius 2 is 1.84 bits per heavy atom. The number of rotatable bonds is 6. The molecule has 5 heteroatoms. The standard InChI is InChI=1S/C14H24BrF3O/c1-11(2)12-4-7-13(10-15,8-5-12)19-9-3-6-14(16,17)18/h11-12H,3-10H2,1-2H3. The van der Waals surface area contributed by atoms with Gasteiger partial charge in [0.1, 0.15) is 0 Å². The molecule has 1 aliphatic rings. The van der Waals surface area contributed by atoms with E-state index in [1.165, 1.54) is 0 Å². The molecule has 114 valence electrons. The van der Waals surface area contributed by atoms with E-state index in [0.29, 0.717) is 5.92 Å². The molecule has 0 heterocycles. The molecule has 0 N–H and O–H groups in total. The first-order valence-electron chi connectivity index (χ1n) is 7.05. The number of hydrogen-bond donors (Lipinski definition) is 0. The highest BCUT2D eigenvalue weighted by Gasteiger charge is 2.36. The molecule has 0 aromatic carbocycles. The van der Waals surface area contributed by atoms with Gasteiger partial charge in [0, 0.05) is 18.4 Å². The lowest BCUT2D eigenvalue weighted by atomic mass is 9.75. The molecule has 0 bridgehead atoms. The van der Waals surface area contributed by atoms with Crippen molar-refractivity contribution in [3.05, 3.63) is 0 Å². The Morgan fingerprint density at radius 1 is 1.26 bits per heavy atom. The van der Waals surface area contributed by atoms with Crippen LogP contribution < -0.4 is 0 Å². The fourth-order valence-electron chi connectivity index (χ4n) is 2.71. The Hall–Kier alpha value is 0.230. The molecule has 1 saturated carbocycles. The summed E-state index contributed by atoms with van der Waals surface area (Å²) in [5.74, 6) is 1.41. The zero-order valence-corrected chi connectivity index (χ0v) is 13.3. The summed E-state index contributed by atoms with van der Waals surface area (Å²) in [5.41, 5.74) is -0.239. The number of halogens is 4. The molecule has 0 saturated heterocycles. The average Bonchev–Trinajstić information content (AvgIpc) is 2.34. The summed E-state index contributed by atoms with van der Waals surface area (Å²) >= 11 is 3.47. The Labute approximate surface area is 122 Å². The topological polar surface area (TPSA) is 9.23 Å². The lowest BCUT2D eigenvalue weighted by Gasteiger charge is -2.40. The van der Waals surface area contributed by atoms with Gasteiger partial charge in [-0.25, -0.2) is 0 Å². The minimum Gasteiger partial charge on any atom is -0.374 e. The van der Waals surface area contributed by atoms with Gasteiger partial charge in [0.25, 0.3) is 0 Å². The summed E-state index contributed by atoms with van der Waals surface area (Å²) in [5, 5.41) is 0.719. The fourth-order valence-corrected chi connectivity index (χ4v) is 3.43. The van der Waals surface area contributed by atoms with Crippen LogP contribution in [0.5, 0.6) is 0 Å². The van der Waals surface area contributed by atoms with Crippen LogP contribution in [0.4, 0.5) is 13.2 Å². The first-order valence-corrected chi connectivity index (χ1v) is 8.17. The molecule has 0 aliphatic heterocycles. The smallest absolute Gasteiger partial charge is 0.374 e. The minimum absolute atomic E-state index is 0.0614. The second-order valence-electron chi connectivity index (χ2n) is 5.97. The molecule has 0 aromatic heterocycles. The van der Waals surface area contributed by atoms with E-state index in [1.807, 2.05) is 0 Å². The molecule has 1 aliphatic carbocycles. The van der Waals surface area contributed by atoms with Crippen LogP contribution in [0.1, 0.15) is 52.4 Å². The quantitative estimate of drug-likeness (QED) is 0.467. The van der Waals surface area contributed by atoms with Gasteiger partial charge in [0.05, 0.1) is 5.60 Å². The van der Waals surface area contributed by atoms with Crippen molar-refractivity contribution < 1.29 is 17.9 Å². The van der Waals surface area contributed by atoms with Gasteiger partial charge in [-0.1, -0.05) is 29.8 Å². The highest BCUT2D eigenvalue weighted by Crippen LogP contribution is 2.39. The highest BCUT2D eigenvalue weighted by molar-refractivity contribution is 9.09. The van der Waals surface area contributed by atoms with E-state index < -0.39 is 12.6 Å². The molecule has 1 fully saturated rings.